The van der Waals surface area contributed by atoms with Crippen LogP contribution in [0.25, 0.3) is 0 Å². The number of oxime groups is 1. The number of nitrogens with zero attached hydrogens (tertiary/aromatic N) is 2. The monoisotopic (exact) mass is 228 g/mol. The summed E-state index contributed by atoms with van der Waals surface area (Å²) in [5.41, 5.74) is 6.42. The van der Waals surface area contributed by atoms with E-state index in [-0.39, 0.29) is 11.9 Å². The lowest BCUT2D eigenvalue weighted by Crippen LogP contribution is -2.30. The summed E-state index contributed by atoms with van der Waals surface area (Å²) in [5.74, 6) is 0.240. The van der Waals surface area contributed by atoms with Crippen LogP contribution in [0.1, 0.15) is 24.0 Å². The lowest BCUT2D eigenvalue weighted by Gasteiger charge is -2.11. The summed E-state index contributed by atoms with van der Waals surface area (Å²) in [5, 5.41) is 17.7. The van der Waals surface area contributed by atoms with Crippen molar-refractivity contribution in [3.63, 3.8) is 0 Å². The van der Waals surface area contributed by atoms with Crippen molar-refractivity contribution in [3.05, 3.63) is 16.1 Å². The first-order valence-electron chi connectivity index (χ1n) is 4.72. The number of nitrogens with two attached hydrogens (primary N) is 1. The SMILES string of the molecule is Cc1nc(CNC(C)CC(N)=NO)cs1. The van der Waals surface area contributed by atoms with Crippen molar-refractivity contribution in [2.24, 2.45) is 10.9 Å². The molecule has 0 radical (unpaired) electrons. The number of nitrogens with one attached hydrogen (secondary N) is 1. The predicted octanol–water partition coefficient (Wildman–Crippen LogP) is 1.07. The molecule has 4 N–H and O–H groups in total. The number of amidine groups is 1. The van der Waals surface area contributed by atoms with Gasteiger partial charge in [-0.1, -0.05) is 5.16 Å². The van der Waals surface area contributed by atoms with Crippen molar-refractivity contribution in [1.29, 1.82) is 0 Å². The van der Waals surface area contributed by atoms with E-state index in [2.05, 4.69) is 15.5 Å². The number of aryl methyl sites for hydroxylation is 1. The Morgan fingerprint density at radius 1 is 1.80 bits per heavy atom. The molecule has 0 saturated carbocycles. The Hall–Kier alpha value is -1.14. The minimum absolute atomic E-state index is 0.169. The Bertz CT molecular complexity index is 337. The van der Waals surface area contributed by atoms with Crippen LogP contribution >= 0.6 is 11.3 Å². The lowest BCUT2D eigenvalue weighted by atomic mass is 10.2. The molecule has 84 valence electrons. The lowest BCUT2D eigenvalue weighted by molar-refractivity contribution is 0.316. The summed E-state index contributed by atoms with van der Waals surface area (Å²) >= 11 is 1.63. The van der Waals surface area contributed by atoms with Crippen LogP contribution in [0, 0.1) is 6.92 Å². The van der Waals surface area contributed by atoms with E-state index in [9.17, 15) is 0 Å². The van der Waals surface area contributed by atoms with Gasteiger partial charge in [0.15, 0.2) is 0 Å². The molecule has 0 aliphatic heterocycles. The van der Waals surface area contributed by atoms with Crippen LogP contribution in [0.3, 0.4) is 0 Å². The highest BCUT2D eigenvalue weighted by Gasteiger charge is 2.05. The Morgan fingerprint density at radius 3 is 3.07 bits per heavy atom. The molecule has 0 fully saturated rings. The maximum atomic E-state index is 8.40. The number of thiazole rings is 1. The average molecular weight is 228 g/mol. The van der Waals surface area contributed by atoms with E-state index in [0.29, 0.717) is 13.0 Å². The third-order valence-electron chi connectivity index (χ3n) is 1.94. The van der Waals surface area contributed by atoms with Gasteiger partial charge in [0, 0.05) is 24.4 Å². The van der Waals surface area contributed by atoms with Crippen molar-refractivity contribution in [2.45, 2.75) is 32.9 Å². The van der Waals surface area contributed by atoms with Crippen LogP contribution in [-0.2, 0) is 6.54 Å². The summed E-state index contributed by atoms with van der Waals surface area (Å²) in [4.78, 5) is 4.33. The zero-order valence-electron chi connectivity index (χ0n) is 8.90. The third kappa shape index (κ3) is 4.26. The fourth-order valence-electron chi connectivity index (χ4n) is 1.19. The van der Waals surface area contributed by atoms with E-state index in [1.165, 1.54) is 0 Å². The highest BCUT2D eigenvalue weighted by Crippen LogP contribution is 2.07. The second-order valence-electron chi connectivity index (χ2n) is 3.44. The Labute approximate surface area is 93.0 Å². The quantitative estimate of drug-likeness (QED) is 0.304. The Morgan fingerprint density at radius 2 is 2.53 bits per heavy atom. The van der Waals surface area contributed by atoms with Crippen LogP contribution < -0.4 is 11.1 Å². The van der Waals surface area contributed by atoms with Crippen LogP contribution in [-0.4, -0.2) is 22.1 Å². The van der Waals surface area contributed by atoms with E-state index in [1.54, 1.807) is 11.3 Å². The van der Waals surface area contributed by atoms with Crippen LogP contribution in [0.2, 0.25) is 0 Å². The Balaban J connectivity index is 2.31. The van der Waals surface area contributed by atoms with Gasteiger partial charge in [0.1, 0.15) is 5.84 Å². The smallest absolute Gasteiger partial charge is 0.140 e. The molecule has 0 bridgehead atoms. The topological polar surface area (TPSA) is 83.5 Å². The van der Waals surface area contributed by atoms with E-state index >= 15 is 0 Å². The molecule has 15 heavy (non-hydrogen) atoms. The van der Waals surface area contributed by atoms with Crippen molar-refractivity contribution >= 4 is 17.2 Å². The van der Waals surface area contributed by atoms with E-state index < -0.39 is 0 Å². The van der Waals surface area contributed by atoms with Crippen LogP contribution in [0.15, 0.2) is 10.5 Å². The van der Waals surface area contributed by atoms with Crippen molar-refractivity contribution in [3.8, 4) is 0 Å². The number of aromatic nitrogens is 1. The highest BCUT2D eigenvalue weighted by molar-refractivity contribution is 7.09. The second kappa shape index (κ2) is 5.67. The third-order valence-corrected chi connectivity index (χ3v) is 2.76. The van der Waals surface area contributed by atoms with Crippen molar-refractivity contribution < 1.29 is 5.21 Å². The standard InChI is InChI=1S/C9H16N4OS/c1-6(3-9(10)13-14)11-4-8-5-15-7(2)12-8/h5-6,11,14H,3-4H2,1-2H3,(H2,10,13). The summed E-state index contributed by atoms with van der Waals surface area (Å²) in [7, 11) is 0. The molecule has 0 spiro atoms. The maximum absolute atomic E-state index is 8.40. The van der Waals surface area contributed by atoms with E-state index in [0.717, 1.165) is 10.7 Å². The van der Waals surface area contributed by atoms with E-state index in [4.69, 9.17) is 10.9 Å². The van der Waals surface area contributed by atoms with Crippen molar-refractivity contribution in [2.75, 3.05) is 0 Å². The van der Waals surface area contributed by atoms with Gasteiger partial charge in [-0.15, -0.1) is 11.3 Å². The van der Waals surface area contributed by atoms with Gasteiger partial charge < -0.3 is 16.3 Å². The predicted molar refractivity (Wildman–Crippen MR) is 61.2 cm³/mol. The summed E-state index contributed by atoms with van der Waals surface area (Å²) in [6, 6.07) is 0.169. The van der Waals surface area contributed by atoms with Crippen LogP contribution in [0.5, 0.6) is 0 Å². The normalized spacial score (nSPS) is 14.1. The first-order valence-corrected chi connectivity index (χ1v) is 5.60. The van der Waals surface area contributed by atoms with Gasteiger partial charge >= 0.3 is 0 Å². The molecule has 1 aromatic rings. The molecule has 1 unspecified atom stereocenters. The molecule has 0 saturated heterocycles. The zero-order valence-corrected chi connectivity index (χ0v) is 9.71. The molecule has 0 amide bonds. The van der Waals surface area contributed by atoms with Crippen LogP contribution in [0.4, 0.5) is 0 Å². The summed E-state index contributed by atoms with van der Waals surface area (Å²) in [6.45, 7) is 4.68. The molecular weight excluding hydrogens is 212 g/mol. The Kier molecular flexibility index (Phi) is 4.51. The molecule has 5 nitrogen and oxygen atoms in total. The fraction of sp³-hybridized carbons (Fsp3) is 0.556. The minimum Gasteiger partial charge on any atom is -0.409 e. The zero-order chi connectivity index (χ0) is 11.3. The molecule has 6 heteroatoms. The van der Waals surface area contributed by atoms with Gasteiger partial charge in [-0.2, -0.15) is 0 Å². The molecule has 0 aliphatic carbocycles. The van der Waals surface area contributed by atoms with E-state index in [1.807, 2.05) is 19.2 Å². The fourth-order valence-corrected chi connectivity index (χ4v) is 1.81. The highest BCUT2D eigenvalue weighted by atomic mass is 32.1. The molecule has 1 rings (SSSR count). The first kappa shape index (κ1) is 11.9. The minimum atomic E-state index is 0.169. The summed E-state index contributed by atoms with van der Waals surface area (Å²) < 4.78 is 0. The molecule has 1 heterocycles. The first-order chi connectivity index (χ1) is 7.11. The molecular formula is C9H16N4OS. The number of hydrogen-bond donors (Lipinski definition) is 3. The average Bonchev–Trinajstić information content (AvgIpc) is 2.61. The molecule has 0 aliphatic rings. The maximum Gasteiger partial charge on any atom is 0.140 e. The van der Waals surface area contributed by atoms with Gasteiger partial charge in [0.25, 0.3) is 0 Å². The van der Waals surface area contributed by atoms with Gasteiger partial charge in [-0.3, -0.25) is 0 Å². The molecule has 1 atom stereocenters. The molecule has 1 aromatic heterocycles. The van der Waals surface area contributed by atoms with Gasteiger partial charge in [-0.25, -0.2) is 4.98 Å². The van der Waals surface area contributed by atoms with Crippen molar-refractivity contribution in [1.82, 2.24) is 10.3 Å². The number of hydrogen-bond acceptors (Lipinski definition) is 5. The summed E-state index contributed by atoms with van der Waals surface area (Å²) in [6.07, 6.45) is 0.527. The second-order valence-corrected chi connectivity index (χ2v) is 4.50. The van der Waals surface area contributed by atoms with Gasteiger partial charge in [0.2, 0.25) is 0 Å². The van der Waals surface area contributed by atoms with Gasteiger partial charge in [0.05, 0.1) is 10.7 Å². The number of rotatable bonds is 5. The largest absolute Gasteiger partial charge is 0.409 e. The van der Waals surface area contributed by atoms with Gasteiger partial charge in [-0.05, 0) is 13.8 Å². The molecule has 0 aromatic carbocycles.